The van der Waals surface area contributed by atoms with Gasteiger partial charge in [-0.25, -0.2) is 4.39 Å². The summed E-state index contributed by atoms with van der Waals surface area (Å²) >= 11 is 1.35. The average Bonchev–Trinajstić information content (AvgIpc) is 2.86. The lowest BCUT2D eigenvalue weighted by Gasteiger charge is -2.16. The molecule has 104 valence electrons. The fraction of sp³-hybridized carbons (Fsp3) is 0.500. The van der Waals surface area contributed by atoms with Gasteiger partial charge < -0.3 is 11.1 Å². The van der Waals surface area contributed by atoms with Gasteiger partial charge in [0.05, 0.1) is 10.9 Å². The number of nitrogens with two attached hydrogens (primary N) is 1. The maximum Gasteiger partial charge on any atom is 0.233 e. The van der Waals surface area contributed by atoms with Gasteiger partial charge >= 0.3 is 0 Å². The highest BCUT2D eigenvalue weighted by molar-refractivity contribution is 8.00. The summed E-state index contributed by atoms with van der Waals surface area (Å²) in [7, 11) is 0. The zero-order chi connectivity index (χ0) is 13.8. The number of nitrogens with one attached hydrogen (secondary N) is 1. The minimum atomic E-state index is -0.437. The fourth-order valence-corrected chi connectivity index (χ4v) is 3.13. The number of benzene rings is 1. The molecule has 1 aromatic rings. The third-order valence-electron chi connectivity index (χ3n) is 3.36. The molecule has 0 aromatic heterocycles. The summed E-state index contributed by atoms with van der Waals surface area (Å²) in [5.41, 5.74) is 5.56. The zero-order valence-corrected chi connectivity index (χ0v) is 11.8. The van der Waals surface area contributed by atoms with E-state index >= 15 is 0 Å². The Labute approximate surface area is 117 Å². The van der Waals surface area contributed by atoms with E-state index in [9.17, 15) is 9.18 Å². The second-order valence-electron chi connectivity index (χ2n) is 4.93. The Morgan fingerprint density at radius 3 is 2.79 bits per heavy atom. The molecule has 19 heavy (non-hydrogen) atoms. The lowest BCUT2D eigenvalue weighted by Crippen LogP contribution is -2.37. The number of thioether (sulfide) groups is 1. The molecule has 1 aromatic carbocycles. The van der Waals surface area contributed by atoms with Crippen LogP contribution < -0.4 is 11.1 Å². The van der Waals surface area contributed by atoms with Crippen LogP contribution in [0.4, 0.5) is 10.1 Å². The lowest BCUT2D eigenvalue weighted by atomic mass is 10.2. The van der Waals surface area contributed by atoms with Gasteiger partial charge in [0.15, 0.2) is 0 Å². The Kier molecular flexibility index (Phi) is 4.69. The molecule has 1 aliphatic carbocycles. The second kappa shape index (κ2) is 6.28. The monoisotopic (exact) mass is 282 g/mol. The molecule has 5 heteroatoms. The van der Waals surface area contributed by atoms with Crippen molar-refractivity contribution < 1.29 is 9.18 Å². The molecule has 1 fully saturated rings. The van der Waals surface area contributed by atoms with Gasteiger partial charge in [-0.15, -0.1) is 11.8 Å². The number of carbonyl (C=O) groups excluding carboxylic acids is 1. The summed E-state index contributed by atoms with van der Waals surface area (Å²) in [6, 6.07) is 4.96. The van der Waals surface area contributed by atoms with Crippen molar-refractivity contribution in [1.82, 2.24) is 5.32 Å². The number of rotatable bonds is 4. The standard InChI is InChI=1S/C14H19FN2OS/c1-9(14(18)17-10-4-2-3-5-10)19-11-6-7-13(16)12(15)8-11/h6-10H,2-5,16H2,1H3,(H,17,18). The minimum Gasteiger partial charge on any atom is -0.396 e. The van der Waals surface area contributed by atoms with E-state index in [0.717, 1.165) is 17.7 Å². The van der Waals surface area contributed by atoms with Crippen molar-refractivity contribution in [2.45, 2.75) is 48.8 Å². The SMILES string of the molecule is CC(Sc1ccc(N)c(F)c1)C(=O)NC1CCCC1. The Balaban J connectivity index is 1.90. The Morgan fingerprint density at radius 1 is 1.47 bits per heavy atom. The number of amides is 1. The lowest BCUT2D eigenvalue weighted by molar-refractivity contribution is -0.120. The first kappa shape index (κ1) is 14.2. The van der Waals surface area contributed by atoms with Crippen molar-refractivity contribution in [2.24, 2.45) is 0 Å². The van der Waals surface area contributed by atoms with Crippen LogP contribution >= 0.6 is 11.8 Å². The van der Waals surface area contributed by atoms with Crippen LogP contribution in [0.25, 0.3) is 0 Å². The molecule has 1 aliphatic rings. The molecule has 1 unspecified atom stereocenters. The third kappa shape index (κ3) is 3.86. The highest BCUT2D eigenvalue weighted by atomic mass is 32.2. The van der Waals surface area contributed by atoms with Crippen molar-refractivity contribution in [2.75, 3.05) is 5.73 Å². The molecule has 0 radical (unpaired) electrons. The van der Waals surface area contributed by atoms with Crippen LogP contribution in [0.3, 0.4) is 0 Å². The Morgan fingerprint density at radius 2 is 2.16 bits per heavy atom. The predicted octanol–water partition coefficient (Wildman–Crippen LogP) is 2.95. The number of hydrogen-bond acceptors (Lipinski definition) is 3. The Bertz CT molecular complexity index is 461. The predicted molar refractivity (Wildman–Crippen MR) is 76.5 cm³/mol. The number of anilines is 1. The van der Waals surface area contributed by atoms with Crippen LogP contribution in [0, 0.1) is 5.82 Å². The van der Waals surface area contributed by atoms with Gasteiger partial charge in [-0.05, 0) is 38.0 Å². The maximum atomic E-state index is 13.3. The molecular weight excluding hydrogens is 263 g/mol. The van der Waals surface area contributed by atoms with Crippen molar-refractivity contribution in [3.8, 4) is 0 Å². The first-order valence-electron chi connectivity index (χ1n) is 6.58. The molecular formula is C14H19FN2OS. The molecule has 1 amide bonds. The minimum absolute atomic E-state index is 0.0223. The molecule has 1 saturated carbocycles. The first-order valence-corrected chi connectivity index (χ1v) is 7.46. The van der Waals surface area contributed by atoms with Gasteiger partial charge in [-0.3, -0.25) is 4.79 Å². The largest absolute Gasteiger partial charge is 0.396 e. The van der Waals surface area contributed by atoms with Crippen molar-refractivity contribution in [3.05, 3.63) is 24.0 Å². The summed E-state index contributed by atoms with van der Waals surface area (Å²) in [4.78, 5) is 12.7. The molecule has 0 heterocycles. The molecule has 3 nitrogen and oxygen atoms in total. The number of nitrogen functional groups attached to an aromatic ring is 1. The highest BCUT2D eigenvalue weighted by Crippen LogP contribution is 2.26. The summed E-state index contributed by atoms with van der Waals surface area (Å²) in [5, 5.41) is 2.81. The van der Waals surface area contributed by atoms with Crippen LogP contribution in [0.1, 0.15) is 32.6 Å². The van der Waals surface area contributed by atoms with Gasteiger partial charge in [0.25, 0.3) is 0 Å². The van der Waals surface area contributed by atoms with Crippen LogP contribution in [0.2, 0.25) is 0 Å². The molecule has 3 N–H and O–H groups in total. The van der Waals surface area contributed by atoms with Gasteiger partial charge in [0.1, 0.15) is 5.82 Å². The van der Waals surface area contributed by atoms with Gasteiger partial charge in [0.2, 0.25) is 5.91 Å². The molecule has 0 bridgehead atoms. The summed E-state index contributed by atoms with van der Waals surface area (Å²) in [6.45, 7) is 1.84. The third-order valence-corrected chi connectivity index (χ3v) is 4.45. The van der Waals surface area contributed by atoms with E-state index in [-0.39, 0.29) is 16.8 Å². The van der Waals surface area contributed by atoms with Crippen molar-refractivity contribution in [3.63, 3.8) is 0 Å². The van der Waals surface area contributed by atoms with E-state index in [1.54, 1.807) is 6.07 Å². The van der Waals surface area contributed by atoms with E-state index in [2.05, 4.69) is 5.32 Å². The second-order valence-corrected chi connectivity index (χ2v) is 6.35. The van der Waals surface area contributed by atoms with Crippen molar-refractivity contribution >= 4 is 23.4 Å². The van der Waals surface area contributed by atoms with Crippen LogP contribution in [0.5, 0.6) is 0 Å². The van der Waals surface area contributed by atoms with E-state index in [1.165, 1.54) is 36.7 Å². The normalized spacial score (nSPS) is 17.4. The van der Waals surface area contributed by atoms with E-state index in [0.29, 0.717) is 6.04 Å². The number of hydrogen-bond donors (Lipinski definition) is 2. The van der Waals surface area contributed by atoms with Gasteiger partial charge in [-0.2, -0.15) is 0 Å². The topological polar surface area (TPSA) is 55.1 Å². The quantitative estimate of drug-likeness (QED) is 0.659. The average molecular weight is 282 g/mol. The van der Waals surface area contributed by atoms with Crippen LogP contribution in [-0.4, -0.2) is 17.2 Å². The zero-order valence-electron chi connectivity index (χ0n) is 11.0. The fourth-order valence-electron chi connectivity index (χ4n) is 2.23. The Hall–Kier alpha value is -1.23. The molecule has 0 spiro atoms. The van der Waals surface area contributed by atoms with E-state index < -0.39 is 5.82 Å². The summed E-state index contributed by atoms with van der Waals surface area (Å²) in [5.74, 6) is -0.414. The number of halogens is 1. The molecule has 0 aliphatic heterocycles. The molecule has 2 rings (SSSR count). The van der Waals surface area contributed by atoms with Gasteiger partial charge in [0, 0.05) is 10.9 Å². The first-order chi connectivity index (χ1) is 9.06. The molecule has 1 atom stereocenters. The van der Waals surface area contributed by atoms with Crippen LogP contribution in [-0.2, 0) is 4.79 Å². The summed E-state index contributed by atoms with van der Waals surface area (Å²) in [6.07, 6.45) is 4.52. The van der Waals surface area contributed by atoms with E-state index in [1.807, 2.05) is 6.92 Å². The smallest absolute Gasteiger partial charge is 0.233 e. The number of carbonyl (C=O) groups is 1. The molecule has 0 saturated heterocycles. The highest BCUT2D eigenvalue weighted by Gasteiger charge is 2.21. The maximum absolute atomic E-state index is 13.3. The van der Waals surface area contributed by atoms with Crippen LogP contribution in [0.15, 0.2) is 23.1 Å². The van der Waals surface area contributed by atoms with E-state index in [4.69, 9.17) is 5.73 Å². The summed E-state index contributed by atoms with van der Waals surface area (Å²) < 4.78 is 13.3. The van der Waals surface area contributed by atoms with Crippen molar-refractivity contribution in [1.29, 1.82) is 0 Å². The van der Waals surface area contributed by atoms with Gasteiger partial charge in [-0.1, -0.05) is 12.8 Å².